The Morgan fingerprint density at radius 2 is 1.84 bits per heavy atom. The van der Waals surface area contributed by atoms with Crippen molar-refractivity contribution in [1.82, 2.24) is 0 Å². The third-order valence-corrected chi connectivity index (χ3v) is 4.62. The minimum Gasteiger partial charge on any atom is -0.828 e. The van der Waals surface area contributed by atoms with Gasteiger partial charge in [-0.3, -0.25) is 0 Å². The van der Waals surface area contributed by atoms with Crippen LogP contribution < -0.4 is 9.84 Å². The summed E-state index contributed by atoms with van der Waals surface area (Å²) in [5.41, 5.74) is 1.94. The van der Waals surface area contributed by atoms with E-state index in [2.05, 4.69) is 0 Å². The second kappa shape index (κ2) is 7.91. The first-order valence-corrected chi connectivity index (χ1v) is 8.52. The molecule has 1 saturated heterocycles. The Labute approximate surface area is 155 Å². The van der Waals surface area contributed by atoms with Gasteiger partial charge in [-0.2, -0.15) is 0 Å². The maximum absolute atomic E-state index is 11.8. The van der Waals surface area contributed by atoms with Crippen LogP contribution in [0, 0.1) is 0 Å². The van der Waals surface area contributed by atoms with Gasteiger partial charge in [0, 0.05) is 16.3 Å². The van der Waals surface area contributed by atoms with Crippen molar-refractivity contribution in [3.8, 4) is 5.75 Å². The summed E-state index contributed by atoms with van der Waals surface area (Å²) in [6.45, 7) is -0.198. The average molecular weight is 384 g/mol. The minimum atomic E-state index is -1.55. The molecule has 0 amide bonds. The van der Waals surface area contributed by atoms with Gasteiger partial charge in [0.1, 0.15) is 24.1 Å². The molecule has 134 valence electrons. The number of aliphatic hydroxyl groups excluding tert-OH is 2. The van der Waals surface area contributed by atoms with Gasteiger partial charge in [-0.15, -0.1) is 0 Å². The second-order valence-corrected chi connectivity index (χ2v) is 6.74. The third-order valence-electron chi connectivity index (χ3n) is 4.04. The molecule has 1 aliphatic heterocycles. The van der Waals surface area contributed by atoms with Crippen LogP contribution in [0.25, 0.3) is 0 Å². The van der Waals surface area contributed by atoms with Crippen molar-refractivity contribution in [2.45, 2.75) is 31.0 Å². The Bertz CT molecular complexity index is 722. The zero-order valence-corrected chi connectivity index (χ0v) is 14.7. The number of halogens is 2. The monoisotopic (exact) mass is 383 g/mol. The van der Waals surface area contributed by atoms with Gasteiger partial charge in [-0.25, -0.2) is 0 Å². The van der Waals surface area contributed by atoms with E-state index in [9.17, 15) is 15.3 Å². The van der Waals surface area contributed by atoms with Crippen LogP contribution in [0.15, 0.2) is 42.5 Å². The minimum absolute atomic E-state index is 0.198. The molecule has 1 aliphatic rings. The fourth-order valence-electron chi connectivity index (χ4n) is 2.62. The molecule has 0 spiro atoms. The topological polar surface area (TPSA) is 82.0 Å². The Morgan fingerprint density at radius 3 is 2.52 bits per heavy atom. The van der Waals surface area contributed by atoms with E-state index in [1.807, 2.05) is 18.2 Å². The van der Waals surface area contributed by atoms with Crippen LogP contribution in [0.5, 0.6) is 5.75 Å². The van der Waals surface area contributed by atoms with Gasteiger partial charge in [0.15, 0.2) is 0 Å². The Balaban J connectivity index is 1.67. The molecule has 0 radical (unpaired) electrons. The summed E-state index contributed by atoms with van der Waals surface area (Å²) in [4.78, 5) is 0. The lowest BCUT2D eigenvalue weighted by Gasteiger charge is -2.41. The summed E-state index contributed by atoms with van der Waals surface area (Å²) in [7, 11) is 0. The van der Waals surface area contributed by atoms with E-state index in [4.69, 9.17) is 32.7 Å². The maximum Gasteiger partial charge on any atom is 0.138 e. The van der Waals surface area contributed by atoms with Gasteiger partial charge in [-0.05, 0) is 41.8 Å². The largest absolute Gasteiger partial charge is 0.828 e. The molecule has 3 rings (SSSR count). The van der Waals surface area contributed by atoms with Crippen molar-refractivity contribution >= 4 is 23.2 Å². The normalized spacial score (nSPS) is 26.4. The molecular formula is C18H17Cl2O5-. The highest BCUT2D eigenvalue weighted by atomic mass is 35.5. The molecule has 0 aromatic heterocycles. The van der Waals surface area contributed by atoms with E-state index >= 15 is 0 Å². The Hall–Kier alpha value is -1.34. The summed E-state index contributed by atoms with van der Waals surface area (Å²) >= 11 is 12.1. The number of hydrogen-bond donors (Lipinski definition) is 2. The summed E-state index contributed by atoms with van der Waals surface area (Å²) in [5.74, 6) is 0.411. The molecule has 4 atom stereocenters. The molecule has 2 aromatic carbocycles. The van der Waals surface area contributed by atoms with Crippen LogP contribution in [0.3, 0.4) is 0 Å². The molecule has 2 aromatic rings. The maximum atomic E-state index is 11.8. The molecule has 1 heterocycles. The van der Waals surface area contributed by atoms with Gasteiger partial charge in [0.05, 0.1) is 6.61 Å². The van der Waals surface area contributed by atoms with Crippen molar-refractivity contribution in [2.75, 3.05) is 6.61 Å². The number of hydrogen-bond acceptors (Lipinski definition) is 5. The lowest BCUT2D eigenvalue weighted by Crippen LogP contribution is -2.60. The fourth-order valence-corrected chi connectivity index (χ4v) is 3.10. The van der Waals surface area contributed by atoms with Crippen LogP contribution in [0.4, 0.5) is 0 Å². The fraction of sp³-hybridized carbons (Fsp3) is 0.333. The predicted molar refractivity (Wildman–Crippen MR) is 91.9 cm³/mol. The summed E-state index contributed by atoms with van der Waals surface area (Å²) in [6.07, 6.45) is -4.52. The number of rotatable bonds is 4. The predicted octanol–water partition coefficient (Wildman–Crippen LogP) is 1.77. The van der Waals surface area contributed by atoms with E-state index in [0.29, 0.717) is 22.2 Å². The average Bonchev–Trinajstić information content (AvgIpc) is 2.59. The van der Waals surface area contributed by atoms with E-state index in [0.717, 1.165) is 11.1 Å². The molecule has 5 nitrogen and oxygen atoms in total. The van der Waals surface area contributed by atoms with E-state index < -0.39 is 24.6 Å². The van der Waals surface area contributed by atoms with Crippen LogP contribution in [0.2, 0.25) is 10.0 Å². The van der Waals surface area contributed by atoms with Gasteiger partial charge in [0.25, 0.3) is 0 Å². The number of aliphatic hydroxyl groups is 2. The van der Waals surface area contributed by atoms with Crippen LogP contribution >= 0.6 is 23.2 Å². The quantitative estimate of drug-likeness (QED) is 0.840. The summed E-state index contributed by atoms with van der Waals surface area (Å²) in [5, 5.41) is 32.4. The molecule has 2 N–H and O–H groups in total. The molecule has 1 fully saturated rings. The lowest BCUT2D eigenvalue weighted by atomic mass is 10.0. The molecule has 25 heavy (non-hydrogen) atoms. The van der Waals surface area contributed by atoms with E-state index in [1.165, 1.54) is 0 Å². The van der Waals surface area contributed by atoms with Crippen LogP contribution in [0.1, 0.15) is 11.1 Å². The summed E-state index contributed by atoms with van der Waals surface area (Å²) < 4.78 is 10.4. The van der Waals surface area contributed by atoms with Crippen LogP contribution in [-0.4, -0.2) is 41.4 Å². The van der Waals surface area contributed by atoms with Crippen molar-refractivity contribution < 1.29 is 24.8 Å². The Kier molecular flexibility index (Phi) is 5.84. The van der Waals surface area contributed by atoms with Gasteiger partial charge in [0.2, 0.25) is 0 Å². The zero-order chi connectivity index (χ0) is 18.0. The smallest absolute Gasteiger partial charge is 0.138 e. The molecule has 0 unspecified atom stereocenters. The molecular weight excluding hydrogens is 367 g/mol. The third kappa shape index (κ3) is 4.44. The molecule has 0 bridgehead atoms. The highest BCUT2D eigenvalue weighted by Crippen LogP contribution is 2.25. The van der Waals surface area contributed by atoms with Gasteiger partial charge in [-0.1, -0.05) is 41.4 Å². The first-order valence-electron chi connectivity index (χ1n) is 7.77. The first-order chi connectivity index (χ1) is 11.9. The number of ether oxygens (including phenoxy) is 2. The SMILES string of the molecule is [O-][C@@H]1OC[C@@H](O)[C@H](O)[C@H]1Oc1ccc(Cc2ccc(Cl)cc2Cl)cc1. The standard InChI is InChI=1S/C18H17Cl2O5/c19-12-4-3-11(14(20)8-12)7-10-1-5-13(6-2-10)25-17-16(22)15(21)9-24-18(17)23/h1-6,8,15-18,21-22H,7,9H2/q-1/t15-,16+,17-,18-/m1/s1. The first kappa shape index (κ1) is 18.5. The van der Waals surface area contributed by atoms with Crippen molar-refractivity contribution in [2.24, 2.45) is 0 Å². The highest BCUT2D eigenvalue weighted by Gasteiger charge is 2.35. The van der Waals surface area contributed by atoms with Gasteiger partial charge < -0.3 is 24.8 Å². The van der Waals surface area contributed by atoms with Crippen LogP contribution in [-0.2, 0) is 11.2 Å². The molecule has 0 aliphatic carbocycles. The summed E-state index contributed by atoms with van der Waals surface area (Å²) in [6, 6.07) is 12.4. The second-order valence-electron chi connectivity index (χ2n) is 5.90. The van der Waals surface area contributed by atoms with Crippen molar-refractivity contribution in [1.29, 1.82) is 0 Å². The highest BCUT2D eigenvalue weighted by molar-refractivity contribution is 6.35. The van der Waals surface area contributed by atoms with Gasteiger partial charge >= 0.3 is 0 Å². The van der Waals surface area contributed by atoms with Crippen molar-refractivity contribution in [3.63, 3.8) is 0 Å². The zero-order valence-electron chi connectivity index (χ0n) is 13.1. The molecule has 7 heteroatoms. The van der Waals surface area contributed by atoms with Crippen molar-refractivity contribution in [3.05, 3.63) is 63.6 Å². The molecule has 0 saturated carbocycles. The van der Waals surface area contributed by atoms with E-state index in [1.54, 1.807) is 24.3 Å². The van der Waals surface area contributed by atoms with E-state index in [-0.39, 0.29) is 6.61 Å². The lowest BCUT2D eigenvalue weighted by molar-refractivity contribution is -0.521. The number of benzene rings is 2. The Morgan fingerprint density at radius 1 is 1.12 bits per heavy atom.